The molecule has 1 heterocycles. The third kappa shape index (κ3) is 9.22. The number of fused-ring (bicyclic) bond motifs is 1. The van der Waals surface area contributed by atoms with E-state index in [0.29, 0.717) is 23.4 Å². The maximum atomic E-state index is 12.9. The molecule has 7 nitrogen and oxygen atoms in total. The van der Waals surface area contributed by atoms with Crippen molar-refractivity contribution in [1.82, 2.24) is 4.57 Å². The Kier molecular flexibility index (Phi) is 13.2. The van der Waals surface area contributed by atoms with Crippen LogP contribution in [0.3, 0.4) is 0 Å². The van der Waals surface area contributed by atoms with Crippen molar-refractivity contribution in [2.75, 3.05) is 11.9 Å². The van der Waals surface area contributed by atoms with Crippen molar-refractivity contribution in [2.24, 2.45) is 5.73 Å². The minimum Gasteiger partial charge on any atom is -0.481 e. The van der Waals surface area contributed by atoms with Gasteiger partial charge >= 0.3 is 5.97 Å². The standard InChI is InChI=1S/C32H41BrN2O5/c1-24-29(31(37)32(34)38)30-26(35(24)21-14-9-7-5-3-2-4-6-8-13-20-33)18-15-19-27(30)39-23-28(36)40-22-25-16-11-10-12-17-25/h10-12,15-19H,2-9,13-14,20-23H2,1H3,(H2,34,38). The maximum absolute atomic E-state index is 12.9. The largest absolute Gasteiger partial charge is 0.481 e. The van der Waals surface area contributed by atoms with Gasteiger partial charge in [-0.2, -0.15) is 0 Å². The molecule has 0 aliphatic rings. The predicted molar refractivity (Wildman–Crippen MR) is 162 cm³/mol. The lowest BCUT2D eigenvalue weighted by Gasteiger charge is -2.10. The van der Waals surface area contributed by atoms with Crippen molar-refractivity contribution >= 4 is 44.5 Å². The monoisotopic (exact) mass is 612 g/mol. The molecule has 0 radical (unpaired) electrons. The highest BCUT2D eigenvalue weighted by Gasteiger charge is 2.26. The number of benzene rings is 2. The van der Waals surface area contributed by atoms with Crippen LogP contribution in [0.15, 0.2) is 48.5 Å². The number of alkyl halides is 1. The highest BCUT2D eigenvalue weighted by atomic mass is 79.9. The average molecular weight is 614 g/mol. The number of ketones is 1. The second kappa shape index (κ2) is 16.9. The SMILES string of the molecule is Cc1c(C(=O)C(N)=O)c2c(OCC(=O)OCc3ccccc3)cccc2n1CCCCCCCCCCCCBr. The Morgan fingerprint density at radius 3 is 2.08 bits per heavy atom. The number of rotatable bonds is 19. The molecule has 0 unspecified atom stereocenters. The molecule has 0 saturated heterocycles. The van der Waals surface area contributed by atoms with E-state index in [2.05, 4.69) is 20.5 Å². The summed E-state index contributed by atoms with van der Waals surface area (Å²) in [6, 6.07) is 14.8. The molecule has 40 heavy (non-hydrogen) atoms. The lowest BCUT2D eigenvalue weighted by Crippen LogP contribution is -2.24. The minimum absolute atomic E-state index is 0.144. The molecule has 0 atom stereocenters. The van der Waals surface area contributed by atoms with Crippen LogP contribution in [0.1, 0.15) is 85.8 Å². The Morgan fingerprint density at radius 1 is 0.825 bits per heavy atom. The summed E-state index contributed by atoms with van der Waals surface area (Å²) in [6.07, 6.45) is 12.2. The highest BCUT2D eigenvalue weighted by Crippen LogP contribution is 2.34. The van der Waals surface area contributed by atoms with E-state index in [1.807, 2.05) is 49.4 Å². The van der Waals surface area contributed by atoms with Crippen LogP contribution in [0, 0.1) is 6.92 Å². The summed E-state index contributed by atoms with van der Waals surface area (Å²) in [4.78, 5) is 37.1. The normalized spacial score (nSPS) is 11.1. The molecule has 3 aromatic rings. The van der Waals surface area contributed by atoms with E-state index in [-0.39, 0.29) is 18.8 Å². The fourth-order valence-electron chi connectivity index (χ4n) is 5.00. The summed E-state index contributed by atoms with van der Waals surface area (Å²) in [5.74, 6) is -1.97. The average Bonchev–Trinajstić information content (AvgIpc) is 3.25. The molecule has 0 aliphatic carbocycles. The van der Waals surface area contributed by atoms with Crippen LogP contribution < -0.4 is 10.5 Å². The van der Waals surface area contributed by atoms with Crippen molar-refractivity contribution in [2.45, 2.75) is 84.3 Å². The van der Waals surface area contributed by atoms with Crippen molar-refractivity contribution in [3.05, 3.63) is 65.4 Å². The molecular formula is C32H41BrN2O5. The number of primary amides is 1. The van der Waals surface area contributed by atoms with Gasteiger partial charge in [0.15, 0.2) is 6.61 Å². The number of hydrogen-bond donors (Lipinski definition) is 1. The lowest BCUT2D eigenvalue weighted by molar-refractivity contribution is -0.147. The molecule has 2 N–H and O–H groups in total. The number of amides is 1. The summed E-state index contributed by atoms with van der Waals surface area (Å²) in [7, 11) is 0. The number of nitrogens with zero attached hydrogens (tertiary/aromatic N) is 1. The summed E-state index contributed by atoms with van der Waals surface area (Å²) in [5, 5.41) is 1.60. The first-order valence-corrected chi connectivity index (χ1v) is 15.4. The second-order valence-corrected chi connectivity index (χ2v) is 10.9. The first-order chi connectivity index (χ1) is 19.4. The number of Topliss-reactive ketones (excluding diaryl/α,β-unsaturated/α-hetero) is 1. The third-order valence-electron chi connectivity index (χ3n) is 7.12. The Hall–Kier alpha value is -3.13. The summed E-state index contributed by atoms with van der Waals surface area (Å²) < 4.78 is 13.2. The first kappa shape index (κ1) is 31.4. The summed E-state index contributed by atoms with van der Waals surface area (Å²) >= 11 is 3.48. The van der Waals surface area contributed by atoms with E-state index < -0.39 is 17.7 Å². The molecule has 216 valence electrons. The molecule has 8 heteroatoms. The number of carbonyl (C=O) groups excluding carboxylic acids is 3. The van der Waals surface area contributed by atoms with Crippen LogP contribution >= 0.6 is 15.9 Å². The van der Waals surface area contributed by atoms with Crippen LogP contribution in [-0.4, -0.2) is 34.2 Å². The highest BCUT2D eigenvalue weighted by molar-refractivity contribution is 9.09. The van der Waals surface area contributed by atoms with E-state index >= 15 is 0 Å². The number of carbonyl (C=O) groups is 3. The van der Waals surface area contributed by atoms with E-state index in [0.717, 1.165) is 29.3 Å². The van der Waals surface area contributed by atoms with E-state index in [9.17, 15) is 14.4 Å². The molecule has 1 amide bonds. The Bertz CT molecular complexity index is 1260. The zero-order chi connectivity index (χ0) is 28.7. The predicted octanol–water partition coefficient (Wildman–Crippen LogP) is 7.04. The van der Waals surface area contributed by atoms with Gasteiger partial charge in [-0.25, -0.2) is 4.79 Å². The van der Waals surface area contributed by atoms with E-state index in [1.165, 1.54) is 51.4 Å². The number of hydrogen-bond acceptors (Lipinski definition) is 5. The first-order valence-electron chi connectivity index (χ1n) is 14.3. The van der Waals surface area contributed by atoms with Gasteiger partial charge in [0.2, 0.25) is 0 Å². The third-order valence-corrected chi connectivity index (χ3v) is 7.68. The minimum atomic E-state index is -1.02. The maximum Gasteiger partial charge on any atom is 0.344 e. The summed E-state index contributed by atoms with van der Waals surface area (Å²) in [5.41, 5.74) is 7.96. The van der Waals surface area contributed by atoms with Gasteiger partial charge in [0.05, 0.1) is 16.5 Å². The quantitative estimate of drug-likeness (QED) is 0.0514. The topological polar surface area (TPSA) is 101 Å². The van der Waals surface area contributed by atoms with Gasteiger partial charge in [-0.3, -0.25) is 9.59 Å². The molecule has 0 spiro atoms. The van der Waals surface area contributed by atoms with Crippen LogP contribution in [0.4, 0.5) is 0 Å². The lowest BCUT2D eigenvalue weighted by atomic mass is 10.1. The van der Waals surface area contributed by atoms with Gasteiger partial charge in [0, 0.05) is 17.6 Å². The second-order valence-electron chi connectivity index (χ2n) is 10.1. The number of halogens is 1. The molecule has 2 aromatic carbocycles. The van der Waals surface area contributed by atoms with Crippen LogP contribution in [0.25, 0.3) is 10.9 Å². The molecule has 0 bridgehead atoms. The van der Waals surface area contributed by atoms with Gasteiger partial charge < -0.3 is 19.8 Å². The Balaban J connectivity index is 1.62. The van der Waals surface area contributed by atoms with Crippen molar-refractivity contribution in [1.29, 1.82) is 0 Å². The van der Waals surface area contributed by atoms with Crippen LogP contribution in [-0.2, 0) is 27.5 Å². The van der Waals surface area contributed by atoms with Gasteiger partial charge in [-0.1, -0.05) is 104 Å². The number of ether oxygens (including phenoxy) is 2. The molecule has 0 saturated carbocycles. The zero-order valence-electron chi connectivity index (χ0n) is 23.5. The number of nitrogens with two attached hydrogens (primary N) is 1. The van der Waals surface area contributed by atoms with E-state index in [4.69, 9.17) is 15.2 Å². The zero-order valence-corrected chi connectivity index (χ0v) is 25.0. The van der Waals surface area contributed by atoms with Gasteiger partial charge in [-0.15, -0.1) is 0 Å². The van der Waals surface area contributed by atoms with Crippen molar-refractivity contribution in [3.63, 3.8) is 0 Å². The molecule has 3 rings (SSSR count). The van der Waals surface area contributed by atoms with Crippen LogP contribution in [0.2, 0.25) is 0 Å². The van der Waals surface area contributed by atoms with Gasteiger partial charge in [0.1, 0.15) is 12.4 Å². The number of unbranched alkanes of at least 4 members (excludes halogenated alkanes) is 9. The summed E-state index contributed by atoms with van der Waals surface area (Å²) in [6.45, 7) is 2.36. The fourth-order valence-corrected chi connectivity index (χ4v) is 5.39. The molecular weight excluding hydrogens is 572 g/mol. The number of aromatic nitrogens is 1. The van der Waals surface area contributed by atoms with Crippen LogP contribution in [0.5, 0.6) is 5.75 Å². The molecule has 0 fully saturated rings. The Labute approximate surface area is 245 Å². The van der Waals surface area contributed by atoms with Crippen molar-refractivity contribution in [3.8, 4) is 5.75 Å². The number of aryl methyl sites for hydroxylation is 1. The Morgan fingerprint density at radius 2 is 1.45 bits per heavy atom. The number of esters is 1. The fraction of sp³-hybridized carbons (Fsp3) is 0.469. The smallest absolute Gasteiger partial charge is 0.344 e. The van der Waals surface area contributed by atoms with Crippen molar-refractivity contribution < 1.29 is 23.9 Å². The van der Waals surface area contributed by atoms with Gasteiger partial charge in [0.25, 0.3) is 11.7 Å². The van der Waals surface area contributed by atoms with Gasteiger partial charge in [-0.05, 0) is 37.5 Å². The molecule has 1 aromatic heterocycles. The molecule has 0 aliphatic heterocycles. The van der Waals surface area contributed by atoms with E-state index in [1.54, 1.807) is 6.07 Å².